The van der Waals surface area contributed by atoms with Crippen LogP contribution in [-0.2, 0) is 4.79 Å². The van der Waals surface area contributed by atoms with Crippen LogP contribution in [0.4, 0.5) is 4.39 Å². The number of carboxylic acids is 1. The van der Waals surface area contributed by atoms with Crippen LogP contribution in [0.5, 0.6) is 0 Å². The molecule has 0 saturated heterocycles. The highest BCUT2D eigenvalue weighted by atomic mass is 19.1. The average Bonchev–Trinajstić information content (AvgIpc) is 2.10. The molecule has 0 radical (unpaired) electrons. The van der Waals surface area contributed by atoms with Crippen molar-refractivity contribution in [3.63, 3.8) is 0 Å². The maximum atomic E-state index is 12.9. The van der Waals surface area contributed by atoms with Crippen molar-refractivity contribution in [3.05, 3.63) is 12.2 Å². The number of alkyl halides is 1. The van der Waals surface area contributed by atoms with Crippen molar-refractivity contribution < 1.29 is 14.3 Å². The van der Waals surface area contributed by atoms with E-state index in [1.165, 1.54) is 19.1 Å². The summed E-state index contributed by atoms with van der Waals surface area (Å²) in [4.78, 5) is 13.8. The zero-order valence-electron chi connectivity index (χ0n) is 8.56. The van der Waals surface area contributed by atoms with E-state index in [4.69, 9.17) is 16.6 Å². The lowest BCUT2D eigenvalue weighted by atomic mass is 10.2. The van der Waals surface area contributed by atoms with Crippen molar-refractivity contribution in [2.24, 2.45) is 16.5 Å². The molecule has 0 aromatic heterocycles. The average molecular weight is 217 g/mol. The molecule has 0 aliphatic heterocycles. The van der Waals surface area contributed by atoms with Gasteiger partial charge in [0.1, 0.15) is 6.04 Å². The van der Waals surface area contributed by atoms with Crippen molar-refractivity contribution >= 4 is 11.8 Å². The normalized spacial score (nSPS) is 16.6. The van der Waals surface area contributed by atoms with Gasteiger partial charge in [-0.2, -0.15) is 0 Å². The van der Waals surface area contributed by atoms with Gasteiger partial charge in [0.05, 0.1) is 5.84 Å². The number of rotatable bonds is 6. The predicted molar refractivity (Wildman–Crippen MR) is 56.2 cm³/mol. The van der Waals surface area contributed by atoms with Gasteiger partial charge in [0.15, 0.2) is 6.30 Å². The summed E-state index contributed by atoms with van der Waals surface area (Å²) in [5, 5.41) is 8.44. The Hall–Kier alpha value is -1.43. The van der Waals surface area contributed by atoms with E-state index in [1.807, 2.05) is 0 Å². The number of carbonyl (C=O) groups is 1. The van der Waals surface area contributed by atoms with Crippen LogP contribution in [0.15, 0.2) is 17.1 Å². The smallest absolute Gasteiger partial charge is 0.320 e. The Kier molecular flexibility index (Phi) is 6.28. The highest BCUT2D eigenvalue weighted by molar-refractivity contribution is 5.77. The maximum Gasteiger partial charge on any atom is 0.320 e. The molecule has 5 N–H and O–H groups in total. The van der Waals surface area contributed by atoms with Crippen molar-refractivity contribution in [2.45, 2.75) is 32.1 Å². The first-order chi connectivity index (χ1) is 6.93. The Balaban J connectivity index is 3.81. The molecule has 0 amide bonds. The molecule has 0 saturated carbocycles. The summed E-state index contributed by atoms with van der Waals surface area (Å²) in [6.07, 6.45) is 1.88. The fourth-order valence-electron chi connectivity index (χ4n) is 0.826. The Morgan fingerprint density at radius 2 is 2.07 bits per heavy atom. The van der Waals surface area contributed by atoms with Crippen LogP contribution in [0, 0.1) is 0 Å². The minimum absolute atomic E-state index is 0.0703. The maximum absolute atomic E-state index is 12.9. The van der Waals surface area contributed by atoms with Crippen molar-refractivity contribution in [2.75, 3.05) is 0 Å². The molecule has 2 atom stereocenters. The van der Waals surface area contributed by atoms with Gasteiger partial charge in [-0.3, -0.25) is 4.79 Å². The minimum atomic E-state index is -1.38. The van der Waals surface area contributed by atoms with Gasteiger partial charge < -0.3 is 16.6 Å². The fourth-order valence-corrected chi connectivity index (χ4v) is 0.826. The van der Waals surface area contributed by atoms with E-state index in [1.54, 1.807) is 0 Å². The number of hydrogen-bond donors (Lipinski definition) is 3. The van der Waals surface area contributed by atoms with Crippen LogP contribution < -0.4 is 11.5 Å². The zero-order chi connectivity index (χ0) is 11.8. The molecule has 15 heavy (non-hydrogen) atoms. The van der Waals surface area contributed by atoms with E-state index in [0.29, 0.717) is 0 Å². The highest BCUT2D eigenvalue weighted by Crippen LogP contribution is 2.02. The van der Waals surface area contributed by atoms with Gasteiger partial charge in [0.2, 0.25) is 0 Å². The summed E-state index contributed by atoms with van der Waals surface area (Å²) in [5.41, 5.74) is 10.4. The fraction of sp³-hybridized carbons (Fsp3) is 0.556. The van der Waals surface area contributed by atoms with E-state index in [2.05, 4.69) is 4.99 Å². The largest absolute Gasteiger partial charge is 0.480 e. The van der Waals surface area contributed by atoms with Crippen LogP contribution in [-0.4, -0.2) is 29.2 Å². The third-order valence-corrected chi connectivity index (χ3v) is 1.55. The molecule has 0 rings (SSSR count). The molecule has 0 bridgehead atoms. The molecular formula is C9H16FN3O2. The third-order valence-electron chi connectivity index (χ3n) is 1.55. The molecule has 0 fully saturated rings. The van der Waals surface area contributed by atoms with Crippen LogP contribution in [0.25, 0.3) is 0 Å². The molecule has 0 aliphatic carbocycles. The summed E-state index contributed by atoms with van der Waals surface area (Å²) in [7, 11) is 0. The molecule has 0 aromatic rings. The monoisotopic (exact) mass is 217 g/mol. The molecule has 1 unspecified atom stereocenters. The van der Waals surface area contributed by atoms with Crippen molar-refractivity contribution in [1.82, 2.24) is 0 Å². The zero-order valence-corrected chi connectivity index (χ0v) is 8.56. The van der Waals surface area contributed by atoms with Gasteiger partial charge in [-0.1, -0.05) is 12.2 Å². The second kappa shape index (κ2) is 6.94. The number of aliphatic carboxylic acids is 1. The number of amidine groups is 1. The van der Waals surface area contributed by atoms with Gasteiger partial charge >= 0.3 is 5.97 Å². The number of aliphatic imine (C=N–C) groups is 1. The number of nitrogens with zero attached hydrogens (tertiary/aromatic N) is 1. The minimum Gasteiger partial charge on any atom is -0.480 e. The van der Waals surface area contributed by atoms with Crippen molar-refractivity contribution in [3.8, 4) is 0 Å². The van der Waals surface area contributed by atoms with Crippen LogP contribution in [0.3, 0.4) is 0 Å². The van der Waals surface area contributed by atoms with Gasteiger partial charge in [0.25, 0.3) is 0 Å². The van der Waals surface area contributed by atoms with Crippen LogP contribution in [0.2, 0.25) is 0 Å². The molecule has 5 nitrogen and oxygen atoms in total. The quantitative estimate of drug-likeness (QED) is 0.259. The molecule has 6 heteroatoms. The van der Waals surface area contributed by atoms with Crippen LogP contribution >= 0.6 is 0 Å². The Morgan fingerprint density at radius 3 is 2.53 bits per heavy atom. The molecule has 86 valence electrons. The molecule has 0 aliphatic rings. The SMILES string of the molecule is C/C(N)=N/C(F)C/C=C/C[C@H](N)C(=O)O. The molecule has 0 aromatic carbocycles. The summed E-state index contributed by atoms with van der Waals surface area (Å²) in [6.45, 7) is 1.50. The predicted octanol–water partition coefficient (Wildman–Crippen LogP) is 0.407. The van der Waals surface area contributed by atoms with Gasteiger partial charge in [-0.05, 0) is 13.3 Å². The first-order valence-corrected chi connectivity index (χ1v) is 4.50. The number of carboxylic acid groups (broad SMARTS) is 1. The first-order valence-electron chi connectivity index (χ1n) is 4.50. The summed E-state index contributed by atoms with van der Waals surface area (Å²) < 4.78 is 12.9. The summed E-state index contributed by atoms with van der Waals surface area (Å²) >= 11 is 0. The number of hydrogen-bond acceptors (Lipinski definition) is 3. The van der Waals surface area contributed by atoms with Gasteiger partial charge in [-0.25, -0.2) is 9.38 Å². The lowest BCUT2D eigenvalue weighted by Crippen LogP contribution is -2.29. The van der Waals surface area contributed by atoms with E-state index in [-0.39, 0.29) is 18.7 Å². The summed E-state index contributed by atoms with van der Waals surface area (Å²) in [6, 6.07) is -0.945. The highest BCUT2D eigenvalue weighted by Gasteiger charge is 2.08. The number of halogens is 1. The van der Waals surface area contributed by atoms with E-state index >= 15 is 0 Å². The topological polar surface area (TPSA) is 102 Å². The lowest BCUT2D eigenvalue weighted by molar-refractivity contribution is -0.138. The van der Waals surface area contributed by atoms with E-state index in [9.17, 15) is 9.18 Å². The Bertz CT molecular complexity index is 262. The summed E-state index contributed by atoms with van der Waals surface area (Å²) in [5.74, 6) is -0.898. The van der Waals surface area contributed by atoms with Gasteiger partial charge in [-0.15, -0.1) is 0 Å². The van der Waals surface area contributed by atoms with Crippen molar-refractivity contribution in [1.29, 1.82) is 0 Å². The van der Waals surface area contributed by atoms with E-state index < -0.39 is 18.3 Å². The lowest BCUT2D eigenvalue weighted by Gasteiger charge is -2.01. The Morgan fingerprint density at radius 1 is 1.53 bits per heavy atom. The van der Waals surface area contributed by atoms with Gasteiger partial charge in [0, 0.05) is 6.42 Å². The Labute approximate surface area is 87.7 Å². The first kappa shape index (κ1) is 13.6. The molecule has 0 heterocycles. The second-order valence-electron chi connectivity index (χ2n) is 3.09. The third kappa shape index (κ3) is 7.63. The van der Waals surface area contributed by atoms with E-state index in [0.717, 1.165) is 0 Å². The molecule has 0 spiro atoms. The number of nitrogens with two attached hydrogens (primary N) is 2. The molecular weight excluding hydrogens is 201 g/mol. The standard InChI is InChI=1S/C9H16FN3O2/c1-6(11)13-8(10)5-3-2-4-7(12)9(14)15/h2-3,7-8H,4-5,12H2,1H3,(H2,11,13)(H,14,15)/b3-2+/t7-,8?/m0/s1. The second-order valence-corrected chi connectivity index (χ2v) is 3.09. The van der Waals surface area contributed by atoms with Crippen LogP contribution in [0.1, 0.15) is 19.8 Å².